The van der Waals surface area contributed by atoms with Crippen LogP contribution in [0.5, 0.6) is 0 Å². The Balaban J connectivity index is 1.88. The Morgan fingerprint density at radius 3 is 3.07 bits per heavy atom. The summed E-state index contributed by atoms with van der Waals surface area (Å²) in [7, 11) is 0. The first-order valence-electron chi connectivity index (χ1n) is 4.92. The number of nitrogens with one attached hydrogen (secondary N) is 1. The third-order valence-electron chi connectivity index (χ3n) is 2.30. The van der Waals surface area contributed by atoms with Crippen LogP contribution in [0.3, 0.4) is 0 Å². The Kier molecular flexibility index (Phi) is 3.18. The summed E-state index contributed by atoms with van der Waals surface area (Å²) in [6, 6.07) is 2.27. The van der Waals surface area contributed by atoms with Gasteiger partial charge in [0.25, 0.3) is 0 Å². The molecule has 2 rings (SSSR count). The van der Waals surface area contributed by atoms with Crippen molar-refractivity contribution in [3.8, 4) is 0 Å². The van der Waals surface area contributed by atoms with Gasteiger partial charge in [-0.2, -0.15) is 0 Å². The maximum absolute atomic E-state index is 5.04. The second-order valence-corrected chi connectivity index (χ2v) is 4.58. The van der Waals surface area contributed by atoms with Gasteiger partial charge in [0.05, 0.1) is 23.2 Å². The van der Waals surface area contributed by atoms with Gasteiger partial charge in [-0.05, 0) is 19.9 Å². The zero-order valence-electron chi connectivity index (χ0n) is 8.86. The molecule has 2 heterocycles. The Morgan fingerprint density at radius 1 is 1.60 bits per heavy atom. The van der Waals surface area contributed by atoms with E-state index in [4.69, 9.17) is 4.42 Å². The van der Waals surface area contributed by atoms with Crippen LogP contribution >= 0.6 is 11.3 Å². The molecule has 1 atom stereocenters. The van der Waals surface area contributed by atoms with E-state index in [0.717, 1.165) is 17.2 Å². The highest BCUT2D eigenvalue weighted by atomic mass is 32.1. The maximum Gasteiger partial charge on any atom is 0.0950 e. The molecule has 0 aliphatic carbocycles. The third kappa shape index (κ3) is 2.67. The van der Waals surface area contributed by atoms with Crippen LogP contribution in [0, 0.1) is 6.92 Å². The standard InChI is InChI=1S/C11H14N2OS/c1-8(10-3-4-14-6-10)12-5-11-7-15-9(2)13-11/h3-4,6-8,12H,5H2,1-2H3. The van der Waals surface area contributed by atoms with Crippen molar-refractivity contribution in [2.45, 2.75) is 26.4 Å². The lowest BCUT2D eigenvalue weighted by molar-refractivity contribution is 0.536. The highest BCUT2D eigenvalue weighted by Gasteiger charge is 2.06. The van der Waals surface area contributed by atoms with Crippen molar-refractivity contribution in [3.63, 3.8) is 0 Å². The van der Waals surface area contributed by atoms with Gasteiger partial charge in [-0.1, -0.05) is 0 Å². The summed E-state index contributed by atoms with van der Waals surface area (Å²) >= 11 is 1.68. The van der Waals surface area contributed by atoms with Crippen molar-refractivity contribution in [2.24, 2.45) is 0 Å². The molecule has 2 aromatic heterocycles. The van der Waals surface area contributed by atoms with Gasteiger partial charge in [0, 0.05) is 23.5 Å². The van der Waals surface area contributed by atoms with Crippen LogP contribution < -0.4 is 5.32 Å². The van der Waals surface area contributed by atoms with Gasteiger partial charge in [0.1, 0.15) is 0 Å². The number of aryl methyl sites for hydroxylation is 1. The molecule has 0 saturated carbocycles. The first-order chi connectivity index (χ1) is 7.25. The van der Waals surface area contributed by atoms with E-state index < -0.39 is 0 Å². The molecular weight excluding hydrogens is 208 g/mol. The molecule has 0 aliphatic rings. The number of thiazole rings is 1. The van der Waals surface area contributed by atoms with Gasteiger partial charge < -0.3 is 9.73 Å². The summed E-state index contributed by atoms with van der Waals surface area (Å²) in [5.41, 5.74) is 2.27. The molecule has 15 heavy (non-hydrogen) atoms. The number of furan rings is 1. The average molecular weight is 222 g/mol. The SMILES string of the molecule is Cc1nc(CNC(C)c2ccoc2)cs1. The fourth-order valence-electron chi connectivity index (χ4n) is 1.39. The largest absolute Gasteiger partial charge is 0.472 e. The Hall–Kier alpha value is -1.13. The first-order valence-corrected chi connectivity index (χ1v) is 5.80. The smallest absolute Gasteiger partial charge is 0.0950 e. The minimum atomic E-state index is 0.297. The summed E-state index contributed by atoms with van der Waals surface area (Å²) < 4.78 is 5.04. The molecule has 4 heteroatoms. The Labute approximate surface area is 93.2 Å². The van der Waals surface area contributed by atoms with E-state index >= 15 is 0 Å². The average Bonchev–Trinajstić information content (AvgIpc) is 2.84. The van der Waals surface area contributed by atoms with Gasteiger partial charge in [-0.15, -0.1) is 11.3 Å². The number of hydrogen-bond acceptors (Lipinski definition) is 4. The van der Waals surface area contributed by atoms with Crippen molar-refractivity contribution >= 4 is 11.3 Å². The van der Waals surface area contributed by atoms with E-state index in [1.807, 2.05) is 13.0 Å². The molecule has 1 N–H and O–H groups in total. The number of rotatable bonds is 4. The molecule has 0 aromatic carbocycles. The lowest BCUT2D eigenvalue weighted by atomic mass is 10.2. The van der Waals surface area contributed by atoms with E-state index in [2.05, 4.69) is 22.6 Å². The van der Waals surface area contributed by atoms with Crippen LogP contribution in [0.4, 0.5) is 0 Å². The van der Waals surface area contributed by atoms with Crippen molar-refractivity contribution < 1.29 is 4.42 Å². The van der Waals surface area contributed by atoms with Crippen molar-refractivity contribution in [3.05, 3.63) is 40.2 Å². The quantitative estimate of drug-likeness (QED) is 0.864. The summed E-state index contributed by atoms with van der Waals surface area (Å²) in [5.74, 6) is 0. The monoisotopic (exact) mass is 222 g/mol. The Bertz CT molecular complexity index is 408. The van der Waals surface area contributed by atoms with Crippen molar-refractivity contribution in [1.29, 1.82) is 0 Å². The molecule has 0 bridgehead atoms. The van der Waals surface area contributed by atoms with E-state index in [1.54, 1.807) is 23.9 Å². The first kappa shape index (κ1) is 10.4. The minimum absolute atomic E-state index is 0.297. The van der Waals surface area contributed by atoms with Crippen LogP contribution in [0.2, 0.25) is 0 Å². The molecule has 0 aliphatic heterocycles. The van der Waals surface area contributed by atoms with E-state index in [0.29, 0.717) is 6.04 Å². The van der Waals surface area contributed by atoms with Crippen LogP contribution in [-0.4, -0.2) is 4.98 Å². The van der Waals surface area contributed by atoms with Gasteiger partial charge >= 0.3 is 0 Å². The van der Waals surface area contributed by atoms with Gasteiger partial charge in [-0.3, -0.25) is 0 Å². The number of aromatic nitrogens is 1. The predicted octanol–water partition coefficient (Wildman–Crippen LogP) is 2.90. The van der Waals surface area contributed by atoms with Crippen LogP contribution in [-0.2, 0) is 6.54 Å². The van der Waals surface area contributed by atoms with Gasteiger partial charge in [0.2, 0.25) is 0 Å². The lowest BCUT2D eigenvalue weighted by Crippen LogP contribution is -2.17. The molecule has 0 spiro atoms. The molecule has 0 radical (unpaired) electrons. The fraction of sp³-hybridized carbons (Fsp3) is 0.364. The topological polar surface area (TPSA) is 38.1 Å². The number of nitrogens with zero attached hydrogens (tertiary/aromatic N) is 1. The summed E-state index contributed by atoms with van der Waals surface area (Å²) in [6.45, 7) is 4.94. The van der Waals surface area contributed by atoms with E-state index in [9.17, 15) is 0 Å². The zero-order valence-corrected chi connectivity index (χ0v) is 9.67. The molecular formula is C11H14N2OS. The Morgan fingerprint density at radius 2 is 2.47 bits per heavy atom. The second kappa shape index (κ2) is 4.59. The fourth-order valence-corrected chi connectivity index (χ4v) is 2.00. The van der Waals surface area contributed by atoms with Crippen molar-refractivity contribution in [2.75, 3.05) is 0 Å². The van der Waals surface area contributed by atoms with E-state index in [1.165, 1.54) is 5.56 Å². The highest BCUT2D eigenvalue weighted by Crippen LogP contribution is 2.14. The van der Waals surface area contributed by atoms with Crippen LogP contribution in [0.15, 0.2) is 28.4 Å². The molecule has 1 unspecified atom stereocenters. The molecule has 3 nitrogen and oxygen atoms in total. The summed E-state index contributed by atoms with van der Waals surface area (Å²) in [6.07, 6.45) is 3.46. The van der Waals surface area contributed by atoms with Gasteiger partial charge in [0.15, 0.2) is 0 Å². The molecule has 0 fully saturated rings. The third-order valence-corrected chi connectivity index (χ3v) is 3.12. The highest BCUT2D eigenvalue weighted by molar-refractivity contribution is 7.09. The minimum Gasteiger partial charge on any atom is -0.472 e. The zero-order chi connectivity index (χ0) is 10.7. The molecule has 80 valence electrons. The normalized spacial score (nSPS) is 12.9. The van der Waals surface area contributed by atoms with Crippen molar-refractivity contribution in [1.82, 2.24) is 10.3 Å². The van der Waals surface area contributed by atoms with Crippen LogP contribution in [0.1, 0.15) is 29.2 Å². The summed E-state index contributed by atoms with van der Waals surface area (Å²) in [4.78, 5) is 4.40. The second-order valence-electron chi connectivity index (χ2n) is 3.52. The van der Waals surface area contributed by atoms with Gasteiger partial charge in [-0.25, -0.2) is 4.98 Å². The predicted molar refractivity (Wildman–Crippen MR) is 60.8 cm³/mol. The summed E-state index contributed by atoms with van der Waals surface area (Å²) in [5, 5.41) is 6.60. The lowest BCUT2D eigenvalue weighted by Gasteiger charge is -2.09. The molecule has 2 aromatic rings. The van der Waals surface area contributed by atoms with E-state index in [-0.39, 0.29) is 0 Å². The van der Waals surface area contributed by atoms with Crippen LogP contribution in [0.25, 0.3) is 0 Å². The molecule has 0 amide bonds. The number of hydrogen-bond donors (Lipinski definition) is 1. The maximum atomic E-state index is 5.04. The molecule has 0 saturated heterocycles.